The lowest BCUT2D eigenvalue weighted by atomic mass is 10.0. The molecule has 0 radical (unpaired) electrons. The van der Waals surface area contributed by atoms with Crippen molar-refractivity contribution in [3.8, 4) is 0 Å². The second kappa shape index (κ2) is 57.9. The monoisotopic (exact) mass is 958 g/mol. The molecule has 0 aromatic heterocycles. The number of unbranched alkanes of at least 4 members (excludes halogenated alkanes) is 42. The van der Waals surface area contributed by atoms with Gasteiger partial charge < -0.3 is 20.3 Å². The predicted molar refractivity (Wildman–Crippen MR) is 296 cm³/mol. The van der Waals surface area contributed by atoms with Crippen LogP contribution in [0.2, 0.25) is 0 Å². The first-order valence-electron chi connectivity index (χ1n) is 30.6. The van der Waals surface area contributed by atoms with E-state index >= 15 is 0 Å². The van der Waals surface area contributed by atoms with Gasteiger partial charge in [-0.1, -0.05) is 269 Å². The molecular weight excluding hydrogens is 839 g/mol. The number of esters is 1. The maximum Gasteiger partial charge on any atom is 0.305 e. The molecule has 0 heterocycles. The lowest BCUT2D eigenvalue weighted by Crippen LogP contribution is -2.45. The second-order valence-corrected chi connectivity index (χ2v) is 21.0. The van der Waals surface area contributed by atoms with Crippen LogP contribution in [-0.4, -0.2) is 47.4 Å². The van der Waals surface area contributed by atoms with Gasteiger partial charge in [0, 0.05) is 12.8 Å². The number of aliphatic hydroxyl groups excluding tert-OH is 2. The minimum Gasteiger partial charge on any atom is -0.466 e. The van der Waals surface area contributed by atoms with Crippen molar-refractivity contribution in [1.29, 1.82) is 0 Å². The van der Waals surface area contributed by atoms with Gasteiger partial charge in [-0.15, -0.1) is 0 Å². The van der Waals surface area contributed by atoms with Gasteiger partial charge in [0.1, 0.15) is 0 Å². The molecule has 0 saturated heterocycles. The van der Waals surface area contributed by atoms with Gasteiger partial charge >= 0.3 is 5.97 Å². The second-order valence-electron chi connectivity index (χ2n) is 21.0. The molecule has 3 N–H and O–H groups in total. The van der Waals surface area contributed by atoms with E-state index in [1.54, 1.807) is 0 Å². The van der Waals surface area contributed by atoms with E-state index in [0.717, 1.165) is 70.6 Å². The fourth-order valence-corrected chi connectivity index (χ4v) is 9.51. The molecule has 0 bridgehead atoms. The molecule has 0 aliphatic rings. The summed E-state index contributed by atoms with van der Waals surface area (Å²) in [6.45, 7) is 4.93. The first-order valence-corrected chi connectivity index (χ1v) is 30.6. The van der Waals surface area contributed by atoms with Crippen LogP contribution in [0.25, 0.3) is 0 Å². The van der Waals surface area contributed by atoms with Gasteiger partial charge in [-0.25, -0.2) is 0 Å². The third kappa shape index (κ3) is 53.7. The van der Waals surface area contributed by atoms with Crippen LogP contribution in [0.15, 0.2) is 24.3 Å². The molecule has 0 fully saturated rings. The van der Waals surface area contributed by atoms with Crippen LogP contribution >= 0.6 is 0 Å². The Balaban J connectivity index is 3.47. The lowest BCUT2D eigenvalue weighted by Gasteiger charge is -2.22. The first-order chi connectivity index (χ1) is 33.5. The minimum absolute atomic E-state index is 0.0122. The molecule has 0 aliphatic heterocycles. The zero-order valence-corrected chi connectivity index (χ0v) is 45.9. The molecule has 0 aliphatic carbocycles. The largest absolute Gasteiger partial charge is 0.466 e. The van der Waals surface area contributed by atoms with Crippen LogP contribution in [0, 0.1) is 0 Å². The third-order valence-electron chi connectivity index (χ3n) is 14.2. The molecule has 1 amide bonds. The Morgan fingerprint density at radius 3 is 1.06 bits per heavy atom. The zero-order chi connectivity index (χ0) is 49.3. The summed E-state index contributed by atoms with van der Waals surface area (Å²) >= 11 is 0. The van der Waals surface area contributed by atoms with Crippen LogP contribution in [0.3, 0.4) is 0 Å². The number of aliphatic hydroxyl groups is 2. The molecule has 6 nitrogen and oxygen atoms in total. The molecule has 0 aromatic carbocycles. The molecular formula is C62H119NO5. The van der Waals surface area contributed by atoms with Crippen LogP contribution in [-0.2, 0) is 14.3 Å². The van der Waals surface area contributed by atoms with Gasteiger partial charge in [-0.05, 0) is 77.0 Å². The molecule has 402 valence electrons. The van der Waals surface area contributed by atoms with Gasteiger partial charge in [-0.3, -0.25) is 9.59 Å². The van der Waals surface area contributed by atoms with Crippen LogP contribution in [0.5, 0.6) is 0 Å². The van der Waals surface area contributed by atoms with E-state index in [0.29, 0.717) is 25.9 Å². The maximum atomic E-state index is 12.5. The van der Waals surface area contributed by atoms with Gasteiger partial charge in [0.15, 0.2) is 0 Å². The van der Waals surface area contributed by atoms with Gasteiger partial charge in [0.05, 0.1) is 25.4 Å². The molecule has 2 atom stereocenters. The molecule has 0 spiro atoms. The van der Waals surface area contributed by atoms with Crippen molar-refractivity contribution in [1.82, 2.24) is 5.32 Å². The molecule has 2 unspecified atom stereocenters. The first kappa shape index (κ1) is 66.3. The van der Waals surface area contributed by atoms with Crippen molar-refractivity contribution in [3.63, 3.8) is 0 Å². The number of allylic oxidation sites excluding steroid dienone is 4. The Morgan fingerprint density at radius 2 is 0.691 bits per heavy atom. The molecule has 68 heavy (non-hydrogen) atoms. The number of hydrogen-bond acceptors (Lipinski definition) is 5. The van der Waals surface area contributed by atoms with Crippen molar-refractivity contribution < 1.29 is 24.5 Å². The molecule has 0 saturated carbocycles. The van der Waals surface area contributed by atoms with Crippen molar-refractivity contribution in [2.24, 2.45) is 0 Å². The van der Waals surface area contributed by atoms with Crippen molar-refractivity contribution in [2.45, 2.75) is 347 Å². The summed E-state index contributed by atoms with van der Waals surface area (Å²) in [5.41, 5.74) is 0. The highest BCUT2D eigenvalue weighted by Gasteiger charge is 2.20. The summed E-state index contributed by atoms with van der Waals surface area (Å²) < 4.78 is 5.48. The standard InChI is InChI=1S/C62H119NO5/c1-3-5-7-9-11-13-15-17-19-21-23-25-27-30-34-38-42-46-50-54-60(65)59(58-64)63-61(66)55-51-47-43-39-35-31-29-33-37-41-45-49-53-57-68-62(67)56-52-48-44-40-36-32-28-26-24-22-20-18-16-14-12-10-8-6-4-2/h18,20,31,35,59-60,64-65H,3-17,19,21-30,32-34,36-58H2,1-2H3,(H,63,66)/b20-18-,35-31-. The number of amides is 1. The third-order valence-corrected chi connectivity index (χ3v) is 14.2. The average molecular weight is 959 g/mol. The van der Waals surface area contributed by atoms with E-state index in [1.165, 1.54) is 231 Å². The number of nitrogens with one attached hydrogen (secondary N) is 1. The number of ether oxygens (including phenoxy) is 1. The highest BCUT2D eigenvalue weighted by Crippen LogP contribution is 2.17. The lowest BCUT2D eigenvalue weighted by molar-refractivity contribution is -0.143. The minimum atomic E-state index is -0.682. The quantitative estimate of drug-likeness (QED) is 0.0321. The molecule has 6 heteroatoms. The average Bonchev–Trinajstić information content (AvgIpc) is 3.34. The van der Waals surface area contributed by atoms with Crippen molar-refractivity contribution in [3.05, 3.63) is 24.3 Å². The Morgan fingerprint density at radius 1 is 0.397 bits per heavy atom. The Kier molecular flexibility index (Phi) is 56.5. The molecule has 0 rings (SSSR count). The van der Waals surface area contributed by atoms with E-state index in [1.807, 2.05) is 0 Å². The van der Waals surface area contributed by atoms with Crippen molar-refractivity contribution in [2.75, 3.05) is 13.2 Å². The summed E-state index contributed by atoms with van der Waals surface area (Å²) in [7, 11) is 0. The smallest absolute Gasteiger partial charge is 0.305 e. The maximum absolute atomic E-state index is 12.5. The van der Waals surface area contributed by atoms with E-state index in [4.69, 9.17) is 4.74 Å². The van der Waals surface area contributed by atoms with Crippen molar-refractivity contribution >= 4 is 11.9 Å². The predicted octanol–water partition coefficient (Wildman–Crippen LogP) is 19.0. The van der Waals surface area contributed by atoms with E-state index in [9.17, 15) is 19.8 Å². The zero-order valence-electron chi connectivity index (χ0n) is 45.9. The summed E-state index contributed by atoms with van der Waals surface area (Å²) in [5.74, 6) is -0.0744. The normalized spacial score (nSPS) is 12.7. The van der Waals surface area contributed by atoms with E-state index in [-0.39, 0.29) is 18.5 Å². The fraction of sp³-hybridized carbons (Fsp3) is 0.903. The summed E-state index contributed by atoms with van der Waals surface area (Å²) in [5, 5.41) is 23.3. The number of rotatable bonds is 57. The summed E-state index contributed by atoms with van der Waals surface area (Å²) in [6.07, 6.45) is 70.3. The summed E-state index contributed by atoms with van der Waals surface area (Å²) in [6, 6.07) is -0.562. The Labute approximate surface area is 424 Å². The fourth-order valence-electron chi connectivity index (χ4n) is 9.51. The van der Waals surface area contributed by atoms with Crippen LogP contribution < -0.4 is 5.32 Å². The van der Waals surface area contributed by atoms with E-state index < -0.39 is 12.1 Å². The highest BCUT2D eigenvalue weighted by atomic mass is 16.5. The summed E-state index contributed by atoms with van der Waals surface area (Å²) in [4.78, 5) is 24.6. The van der Waals surface area contributed by atoms with Gasteiger partial charge in [0.2, 0.25) is 5.91 Å². The Hall–Kier alpha value is -1.66. The van der Waals surface area contributed by atoms with Gasteiger partial charge in [0.25, 0.3) is 0 Å². The van der Waals surface area contributed by atoms with Gasteiger partial charge in [-0.2, -0.15) is 0 Å². The topological polar surface area (TPSA) is 95.9 Å². The van der Waals surface area contributed by atoms with Crippen LogP contribution in [0.4, 0.5) is 0 Å². The molecule has 0 aromatic rings. The number of hydrogen-bond donors (Lipinski definition) is 3. The Bertz CT molecular complexity index is 1060. The SMILES string of the molecule is CCCCCCCC/C=C\CCCCCCCCCCCC(=O)OCCCCCCCC/C=C\CCCCCC(=O)NC(CO)C(O)CCCCCCCCCCCCCCCCCCCCC. The number of carbonyl (C=O) groups is 2. The van der Waals surface area contributed by atoms with Crippen LogP contribution in [0.1, 0.15) is 335 Å². The number of carbonyl (C=O) groups excluding carboxylic acids is 2. The van der Waals surface area contributed by atoms with E-state index in [2.05, 4.69) is 43.5 Å². The highest BCUT2D eigenvalue weighted by molar-refractivity contribution is 5.76.